The Morgan fingerprint density at radius 3 is 2.47 bits per heavy atom. The fourth-order valence-electron chi connectivity index (χ4n) is 1.39. The lowest BCUT2D eigenvalue weighted by atomic mass is 10.2. The highest BCUT2D eigenvalue weighted by molar-refractivity contribution is 7.57. The summed E-state index contributed by atoms with van der Waals surface area (Å²) in [6.07, 6.45) is -0.0348. The molecule has 0 saturated carbocycles. The zero-order valence-electron chi connectivity index (χ0n) is 8.84. The van der Waals surface area contributed by atoms with Crippen LogP contribution in [0.5, 0.6) is 0 Å². The van der Waals surface area contributed by atoms with Crippen LogP contribution in [0.15, 0.2) is 30.3 Å². The second-order valence-corrected chi connectivity index (χ2v) is 6.11. The van der Waals surface area contributed by atoms with Gasteiger partial charge in [-0.05, 0) is 12.0 Å². The first-order chi connectivity index (χ1) is 7.03. The molecule has 15 heavy (non-hydrogen) atoms. The molecule has 1 rings (SSSR count). The first-order valence-electron chi connectivity index (χ1n) is 5.06. The fraction of sp³-hybridized carbons (Fsp3) is 0.455. The van der Waals surface area contributed by atoms with E-state index in [0.717, 1.165) is 5.56 Å². The predicted octanol–water partition coefficient (Wildman–Crippen LogP) is 2.23. The lowest BCUT2D eigenvalue weighted by Gasteiger charge is -2.14. The van der Waals surface area contributed by atoms with Crippen molar-refractivity contribution in [1.29, 1.82) is 0 Å². The summed E-state index contributed by atoms with van der Waals surface area (Å²) in [6, 6.07) is 9.19. The first-order valence-corrected chi connectivity index (χ1v) is 7.09. The van der Waals surface area contributed by atoms with Crippen molar-refractivity contribution in [3.8, 4) is 0 Å². The van der Waals surface area contributed by atoms with Gasteiger partial charge in [0.2, 0.25) is 7.37 Å². The monoisotopic (exact) mass is 228 g/mol. The Kier molecular flexibility index (Phi) is 4.52. The van der Waals surface area contributed by atoms with Crippen molar-refractivity contribution in [2.45, 2.75) is 25.6 Å². The molecular weight excluding hydrogens is 211 g/mol. The predicted molar refractivity (Wildman–Crippen MR) is 61.1 cm³/mol. The maximum Gasteiger partial charge on any atom is 0.207 e. The number of benzene rings is 1. The molecule has 1 unspecified atom stereocenters. The molecule has 3 nitrogen and oxygen atoms in total. The molecular formula is C11H17O3P. The average Bonchev–Trinajstić information content (AvgIpc) is 2.17. The van der Waals surface area contributed by atoms with Crippen LogP contribution in [-0.2, 0) is 10.7 Å². The van der Waals surface area contributed by atoms with E-state index in [0.29, 0.717) is 6.42 Å². The summed E-state index contributed by atoms with van der Waals surface area (Å²) < 4.78 is 11.7. The molecule has 2 N–H and O–H groups in total. The molecule has 0 spiro atoms. The van der Waals surface area contributed by atoms with Crippen molar-refractivity contribution in [3.05, 3.63) is 35.9 Å². The lowest BCUT2D eigenvalue weighted by molar-refractivity contribution is 0.190. The Morgan fingerprint density at radius 1 is 1.33 bits per heavy atom. The van der Waals surface area contributed by atoms with Crippen molar-refractivity contribution in [1.82, 2.24) is 0 Å². The van der Waals surface area contributed by atoms with Gasteiger partial charge in [-0.2, -0.15) is 0 Å². The number of hydrogen-bond acceptors (Lipinski definition) is 2. The maximum atomic E-state index is 11.7. The maximum absolute atomic E-state index is 11.7. The highest BCUT2D eigenvalue weighted by Crippen LogP contribution is 2.45. The lowest BCUT2D eigenvalue weighted by Crippen LogP contribution is -2.11. The van der Waals surface area contributed by atoms with Crippen molar-refractivity contribution in [2.75, 3.05) is 6.16 Å². The van der Waals surface area contributed by atoms with Gasteiger partial charge in [-0.25, -0.2) is 0 Å². The van der Waals surface area contributed by atoms with Gasteiger partial charge in [0.25, 0.3) is 0 Å². The molecule has 1 aromatic carbocycles. The van der Waals surface area contributed by atoms with Crippen LogP contribution < -0.4 is 0 Å². The largest absolute Gasteiger partial charge is 0.393 e. The summed E-state index contributed by atoms with van der Waals surface area (Å²) in [5.41, 5.74) is 0.839. The van der Waals surface area contributed by atoms with Crippen LogP contribution in [0.25, 0.3) is 0 Å². The van der Waals surface area contributed by atoms with Crippen LogP contribution in [-0.4, -0.2) is 22.3 Å². The topological polar surface area (TPSA) is 57.5 Å². The van der Waals surface area contributed by atoms with E-state index < -0.39 is 13.5 Å². The molecule has 0 bridgehead atoms. The minimum absolute atomic E-state index is 0.0155. The molecule has 0 heterocycles. The Bertz CT molecular complexity index is 337. The molecule has 0 saturated heterocycles. The van der Waals surface area contributed by atoms with Crippen LogP contribution in [0, 0.1) is 0 Å². The highest BCUT2D eigenvalue weighted by Gasteiger charge is 2.22. The molecule has 84 valence electrons. The number of aliphatic hydroxyl groups excluding tert-OH is 1. The Labute approximate surface area is 90.2 Å². The van der Waals surface area contributed by atoms with E-state index in [4.69, 9.17) is 0 Å². The van der Waals surface area contributed by atoms with E-state index in [1.165, 1.54) is 0 Å². The Hall–Kier alpha value is -0.630. The summed E-state index contributed by atoms with van der Waals surface area (Å²) in [5.74, 6) is 0. The van der Waals surface area contributed by atoms with Crippen LogP contribution in [0.3, 0.4) is 0 Å². The van der Waals surface area contributed by atoms with Crippen LogP contribution >= 0.6 is 7.37 Å². The standard InChI is InChI=1S/C11H17O3P/c1-2-11(12)9-15(13,14)8-10-6-4-3-5-7-10/h3-7,11-12H,2,8-9H2,1H3,(H,13,14)/t11-/m0/s1. The molecule has 4 heteroatoms. The second kappa shape index (κ2) is 5.45. The molecule has 0 radical (unpaired) electrons. The first kappa shape index (κ1) is 12.4. The number of hydrogen-bond donors (Lipinski definition) is 2. The molecule has 0 aromatic heterocycles. The van der Waals surface area contributed by atoms with E-state index >= 15 is 0 Å². The van der Waals surface area contributed by atoms with E-state index in [9.17, 15) is 14.6 Å². The highest BCUT2D eigenvalue weighted by atomic mass is 31.2. The van der Waals surface area contributed by atoms with Gasteiger partial charge in [0.1, 0.15) is 0 Å². The molecule has 0 aliphatic carbocycles. The number of rotatable bonds is 5. The Morgan fingerprint density at radius 2 is 1.93 bits per heavy atom. The van der Waals surface area contributed by atoms with Gasteiger partial charge in [0.05, 0.1) is 12.3 Å². The van der Waals surface area contributed by atoms with Crippen LogP contribution in [0.2, 0.25) is 0 Å². The van der Waals surface area contributed by atoms with Gasteiger partial charge in [0.15, 0.2) is 0 Å². The third-order valence-corrected chi connectivity index (χ3v) is 4.09. The minimum Gasteiger partial charge on any atom is -0.393 e. The zero-order chi connectivity index (χ0) is 11.3. The van der Waals surface area contributed by atoms with Crippen molar-refractivity contribution in [2.24, 2.45) is 0 Å². The third-order valence-electron chi connectivity index (χ3n) is 2.24. The van der Waals surface area contributed by atoms with E-state index in [2.05, 4.69) is 0 Å². The second-order valence-electron chi connectivity index (χ2n) is 3.73. The van der Waals surface area contributed by atoms with Crippen LogP contribution in [0.4, 0.5) is 0 Å². The molecule has 0 fully saturated rings. The SMILES string of the molecule is CC[C@H](O)CP(=O)(O)Cc1ccccc1. The quantitative estimate of drug-likeness (QED) is 0.760. The summed E-state index contributed by atoms with van der Waals surface area (Å²) >= 11 is 0. The summed E-state index contributed by atoms with van der Waals surface area (Å²) in [7, 11) is -3.24. The molecule has 1 aromatic rings. The molecule has 0 amide bonds. The van der Waals surface area contributed by atoms with Crippen molar-refractivity contribution < 1.29 is 14.6 Å². The van der Waals surface area contributed by atoms with Gasteiger partial charge in [-0.15, -0.1) is 0 Å². The minimum atomic E-state index is -3.24. The Balaban J connectivity index is 2.61. The summed E-state index contributed by atoms with van der Waals surface area (Å²) in [5, 5.41) is 9.34. The van der Waals surface area contributed by atoms with Crippen LogP contribution in [0.1, 0.15) is 18.9 Å². The van der Waals surface area contributed by atoms with Gasteiger partial charge in [-0.1, -0.05) is 37.3 Å². The molecule has 0 aliphatic rings. The van der Waals surface area contributed by atoms with Gasteiger partial charge in [0, 0.05) is 6.16 Å². The van der Waals surface area contributed by atoms with Crippen molar-refractivity contribution >= 4 is 7.37 Å². The van der Waals surface area contributed by atoms with E-state index in [1.807, 2.05) is 30.3 Å². The van der Waals surface area contributed by atoms with Crippen molar-refractivity contribution in [3.63, 3.8) is 0 Å². The molecule has 2 atom stereocenters. The molecule has 0 aliphatic heterocycles. The third kappa shape index (κ3) is 4.61. The van der Waals surface area contributed by atoms with E-state index in [-0.39, 0.29) is 12.3 Å². The number of aliphatic hydroxyl groups is 1. The van der Waals surface area contributed by atoms with Gasteiger partial charge in [-0.3, -0.25) is 4.57 Å². The van der Waals surface area contributed by atoms with E-state index in [1.54, 1.807) is 6.92 Å². The van der Waals surface area contributed by atoms with Gasteiger partial charge >= 0.3 is 0 Å². The summed E-state index contributed by atoms with van der Waals surface area (Å²) in [6.45, 7) is 1.80. The summed E-state index contributed by atoms with van der Waals surface area (Å²) in [4.78, 5) is 9.66. The fourth-order valence-corrected chi connectivity index (χ4v) is 3.22. The zero-order valence-corrected chi connectivity index (χ0v) is 9.73. The van der Waals surface area contributed by atoms with Gasteiger partial charge < -0.3 is 10.00 Å². The normalized spacial score (nSPS) is 17.0. The smallest absolute Gasteiger partial charge is 0.207 e. The average molecular weight is 228 g/mol.